The molecule has 2 aliphatic carbocycles. The standard InChI is InChI=1S/C6H6O2.C5H5NO3.C5H7NO2.C5H6NO2.C5H6O4.C5H4O3.C5H6O3.C4H7N3.C4H6N2O2.C4H5NO2S.C4H5NO.C3H4N2O3.2C3H3NO2.C2H4N4.7C2H6/c7-5-3-1-2-4-6(5)8;1-2-3(7)5(9)6-4(2)8;1-3-2-4(7)6-5(3)8;7-5-3-1-2-4-6(5)8;1-3(6)2-4(7)5(8)9;6-4-1-2-8-3-5(4)7;1-2-3(6)5(8)4(2)7;1-3-4(2)6-7-5-3;1-6-2-3(7)5-4(6)8;1-2-3(6)5-4(7)8-2;6-4-2-1-3-5-4;1-5-2(6)4-3(7)8-5;5-3-1-2-6-4-3;5-3-1-2-4-6-3;1-2-3-5-6-4-2;7*1-2/h1,3-4,8H,2H2;1H3,(H2,6,7,8,9);3H,2H2,1H3,(H,6,7,8);1,3-4,8H,2H2;2,7H,1H3,(H,8,9);1-3,7H;2-3,6H,1H3;1-2H3,(H,5,6,7);2H2,1H3,(H,5,7,8);2H,1H3,(H,5,6,7);1-2H,3H2,(H,5,6);1H3,(H,4,6,7);1-2H,(H,4,5);1-2,4H;1H3,(H,3,4,5,6);7*1-2H3/q;;;+1;;;;;;;;;;;;;;;;;;/b;;;;4-2-;;;;;;;;;;;;;;;;;. The zero-order chi connectivity index (χ0) is 100. The lowest BCUT2D eigenvalue weighted by atomic mass is 9.81. The highest BCUT2D eigenvalue weighted by Crippen LogP contribution is 2.18. The first-order valence-corrected chi connectivity index (χ1v) is 39.2. The first-order valence-electron chi connectivity index (χ1n) is 38.3. The molecule has 127 heavy (non-hydrogen) atoms. The molecule has 4 atom stereocenters. The minimum absolute atomic E-state index is 0.0231. The number of nitrogens with one attached hydrogen (secondary N) is 10. The summed E-state index contributed by atoms with van der Waals surface area (Å²) in [5.74, 6) is -8.15. The fraction of sp³-hybridized carbons (Fsp3) is 0.429. The molecule has 708 valence electrons. The molecular weight excluding hydrogens is 1710 g/mol. The Morgan fingerprint density at radius 1 is 0.654 bits per heavy atom. The zero-order valence-electron chi connectivity index (χ0n) is 75.0. The predicted octanol–water partition coefficient (Wildman–Crippen LogP) is 4.54. The Morgan fingerprint density at radius 2 is 1.23 bits per heavy atom. The van der Waals surface area contributed by atoms with Gasteiger partial charge < -0.3 is 58.8 Å². The largest absolute Gasteiger partial charge is 0.504 e. The van der Waals surface area contributed by atoms with E-state index in [-0.39, 0.29) is 98.5 Å². The number of aliphatic hydroxyl groups is 4. The number of aliphatic carboxylic acids is 1. The van der Waals surface area contributed by atoms with E-state index in [1.165, 1.54) is 87.2 Å². The zero-order valence-corrected chi connectivity index (χ0v) is 75.8. The number of aromatic nitrogens is 11. The molecule has 6 aromatic rings. The Bertz CT molecular complexity index is 4580. The number of H-pyrrole nitrogens is 5. The number of aromatic amines is 5. The number of likely N-dealkylation sites (N-methyl/N-ethyl adjacent to an activating group) is 1. The van der Waals surface area contributed by atoms with Crippen LogP contribution in [0.25, 0.3) is 0 Å². The fourth-order valence-electron chi connectivity index (χ4n) is 6.22. The molecule has 0 radical (unpaired) electrons. The van der Waals surface area contributed by atoms with Gasteiger partial charge in [-0.15, -0.1) is 10.2 Å². The molecular formula is C77H119N18O31S+. The van der Waals surface area contributed by atoms with Crippen molar-refractivity contribution < 1.29 is 130 Å². The molecule has 50 heteroatoms. The second-order valence-electron chi connectivity index (χ2n) is 21.5. The summed E-state index contributed by atoms with van der Waals surface area (Å²) in [6, 6.07) is 3.45. The number of rotatable bonds is 2. The molecule has 4 unspecified atom stereocenters. The van der Waals surface area contributed by atoms with Crippen LogP contribution in [0.1, 0.15) is 168 Å². The van der Waals surface area contributed by atoms with Gasteiger partial charge in [0.1, 0.15) is 25.2 Å². The Labute approximate surface area is 732 Å². The maximum absolute atomic E-state index is 10.5. The maximum Gasteiger partial charge on any atom is 0.458 e. The van der Waals surface area contributed by atoms with E-state index >= 15 is 0 Å². The van der Waals surface area contributed by atoms with E-state index in [9.17, 15) is 95.9 Å². The third-order valence-corrected chi connectivity index (χ3v) is 13.3. The van der Waals surface area contributed by atoms with E-state index in [0.29, 0.717) is 42.4 Å². The monoisotopic (exact) mass is 1820 g/mol. The highest BCUT2D eigenvalue weighted by Gasteiger charge is 2.44. The number of amides is 11. The van der Waals surface area contributed by atoms with Crippen molar-refractivity contribution in [3.8, 4) is 5.75 Å². The number of tetrazole rings is 1. The number of nitrogens with zero attached hydrogens (tertiary/aromatic N) is 8. The Morgan fingerprint density at radius 3 is 1.39 bits per heavy atom. The molecule has 0 spiro atoms. The van der Waals surface area contributed by atoms with E-state index in [2.05, 4.69) is 85.6 Å². The number of aromatic hydroxyl groups is 1. The number of imide groups is 4. The highest BCUT2D eigenvalue weighted by atomic mass is 32.2. The molecule has 14 rings (SSSR count). The van der Waals surface area contributed by atoms with Gasteiger partial charge in [0, 0.05) is 73.6 Å². The summed E-state index contributed by atoms with van der Waals surface area (Å²) < 4.78 is 18.5. The van der Waals surface area contributed by atoms with Crippen LogP contribution in [0, 0.1) is 32.6 Å². The Hall–Kier alpha value is -15.0. The predicted molar refractivity (Wildman–Crippen MR) is 459 cm³/mol. The number of carbonyl (C=O) groups excluding carboxylic acids is 14. The number of hydroxylamine groups is 1. The second-order valence-corrected chi connectivity index (χ2v) is 22.8. The molecule has 3 saturated heterocycles. The summed E-state index contributed by atoms with van der Waals surface area (Å²) in [6.45, 7) is 42.0. The van der Waals surface area contributed by atoms with Gasteiger partial charge in [0.05, 0.1) is 47.5 Å². The van der Waals surface area contributed by atoms with Crippen LogP contribution in [0.3, 0.4) is 0 Å². The van der Waals surface area contributed by atoms with Crippen molar-refractivity contribution in [3.05, 3.63) is 184 Å². The summed E-state index contributed by atoms with van der Waals surface area (Å²) >= 11 is 1.03. The minimum atomic E-state index is -1.50. The van der Waals surface area contributed by atoms with Crippen LogP contribution in [0.15, 0.2) is 157 Å². The fourth-order valence-corrected chi connectivity index (χ4v) is 6.87. The molecule has 11 amide bonds. The molecule has 17 N–H and O–H groups in total. The average Bonchev–Trinajstić information content (AvgIpc) is 1.49. The van der Waals surface area contributed by atoms with Gasteiger partial charge in [-0.3, -0.25) is 93.6 Å². The molecule has 1 saturated carbocycles. The lowest BCUT2D eigenvalue weighted by Gasteiger charge is -2.24. The van der Waals surface area contributed by atoms with Gasteiger partial charge in [-0.25, -0.2) is 38.9 Å². The summed E-state index contributed by atoms with van der Waals surface area (Å²) in [6.07, 6.45) is 18.5. The molecule has 49 nitrogen and oxygen atoms in total. The van der Waals surface area contributed by atoms with Crippen molar-refractivity contribution in [3.63, 3.8) is 0 Å². The topological polar surface area (TPSA) is 750 Å². The van der Waals surface area contributed by atoms with Gasteiger partial charge in [-0.1, -0.05) is 146 Å². The number of hydrogen-bond donors (Lipinski definition) is 17. The average molecular weight is 1820 g/mol. The molecule has 12 heterocycles. The molecule has 8 aliphatic rings. The third kappa shape index (κ3) is 63.6. The van der Waals surface area contributed by atoms with Gasteiger partial charge >= 0.3 is 35.0 Å². The number of aliphatic hydroxyl groups excluding tert-OH is 4. The van der Waals surface area contributed by atoms with Gasteiger partial charge in [0.15, 0.2) is 28.9 Å². The smallest absolute Gasteiger partial charge is 0.458 e. The lowest BCUT2D eigenvalue weighted by molar-refractivity contribution is -0.700. The van der Waals surface area contributed by atoms with E-state index in [1.807, 2.05) is 121 Å². The van der Waals surface area contributed by atoms with Crippen LogP contribution in [-0.2, 0) is 69.4 Å². The Kier molecular flexibility index (Phi) is 78.6. The van der Waals surface area contributed by atoms with Gasteiger partial charge in [-0.05, 0) is 60.1 Å². The number of urea groups is 1. The van der Waals surface area contributed by atoms with Crippen LogP contribution in [0.5, 0.6) is 5.75 Å². The Balaban J connectivity index is -0.000000197. The number of ketones is 4. The number of carboxylic acid groups (broad SMARTS) is 1. The van der Waals surface area contributed by atoms with E-state index in [1.54, 1.807) is 46.0 Å². The van der Waals surface area contributed by atoms with Crippen molar-refractivity contribution in [1.29, 1.82) is 0 Å². The molecule has 0 bridgehead atoms. The molecule has 4 fully saturated rings. The van der Waals surface area contributed by atoms with E-state index in [0.717, 1.165) is 47.1 Å². The quantitative estimate of drug-likeness (QED) is 0.0165. The SMILES string of the molecule is CC.CC.CC.CC.CC.CC.CC.CC(=O)/C=C(\O)C(=O)O.CC1=C(O)C(=O)NC1=O.CC1C(=O)C(=O)C1O.CC1CC(=O)NC1=O.CC1SC(=O)NC1=O.CN1CC(=O)NC1=O.Cc1n[nH]nc1C.Cc1nn[nH]n1.Cn1oc(=O)[nH]c1=O.O=C1C=CCC=C1O.O=C1C=CCC=[N+]1O.O=C1C=CCN1.O=c1cc[nH]o1.O=c1cco[nH]1.O=c1ccocc1O. The molecule has 0 aromatic carbocycles. The van der Waals surface area contributed by atoms with Gasteiger partial charge in [-0.2, -0.15) is 30.5 Å². The molecule has 6 aliphatic heterocycles. The lowest BCUT2D eigenvalue weighted by Crippen LogP contribution is -2.51. The van der Waals surface area contributed by atoms with Crippen LogP contribution in [0.2, 0.25) is 0 Å². The number of Topliss-reactive ketones (excluding diaryl/α,β-unsaturated/α-hetero) is 2. The number of aryl methyl sites for hydroxylation is 4. The van der Waals surface area contributed by atoms with Gasteiger partial charge in [0.25, 0.3) is 22.6 Å². The first kappa shape index (κ1) is 128. The summed E-state index contributed by atoms with van der Waals surface area (Å²) in [4.78, 5) is 208. The van der Waals surface area contributed by atoms with Crippen LogP contribution in [0.4, 0.5) is 9.59 Å². The number of allylic oxidation sites excluding steroid dienone is 5. The van der Waals surface area contributed by atoms with Crippen LogP contribution < -0.4 is 54.6 Å². The molecule has 6 aromatic heterocycles. The minimum Gasteiger partial charge on any atom is -0.504 e. The van der Waals surface area contributed by atoms with Crippen molar-refractivity contribution >= 4 is 106 Å². The van der Waals surface area contributed by atoms with Crippen molar-refractivity contribution in [2.45, 2.75) is 183 Å². The summed E-state index contributed by atoms with van der Waals surface area (Å²) in [5.41, 5.74) is 0.538. The summed E-state index contributed by atoms with van der Waals surface area (Å²) in [5, 5.41) is 96.9. The maximum atomic E-state index is 10.5. The third-order valence-electron chi connectivity index (χ3n) is 12.4. The van der Waals surface area contributed by atoms with Crippen molar-refractivity contribution in [2.24, 2.45) is 18.9 Å². The van der Waals surface area contributed by atoms with E-state index < -0.39 is 75.5 Å². The van der Waals surface area contributed by atoms with Crippen LogP contribution >= 0.6 is 11.8 Å². The number of hydrogen-bond acceptors (Lipinski definition) is 36. The number of thioether (sulfide) groups is 1. The van der Waals surface area contributed by atoms with Gasteiger partial charge in [0.2, 0.25) is 64.3 Å². The number of carbonyl (C=O) groups is 15. The highest BCUT2D eigenvalue weighted by molar-refractivity contribution is 8.15. The second kappa shape index (κ2) is 78.3. The van der Waals surface area contributed by atoms with Crippen LogP contribution in [-0.4, -0.2) is 227 Å². The normalized spacial score (nSPS) is 15.7. The van der Waals surface area contributed by atoms with E-state index in [4.69, 9.17) is 35.8 Å². The van der Waals surface area contributed by atoms with Crippen molar-refractivity contribution in [2.75, 3.05) is 20.1 Å². The summed E-state index contributed by atoms with van der Waals surface area (Å²) in [7, 11) is 2.92. The first-order chi connectivity index (χ1) is 59.9. The van der Waals surface area contributed by atoms with Crippen molar-refractivity contribution in [1.82, 2.24) is 87.6 Å². The number of carboxylic acids is 1.